The van der Waals surface area contributed by atoms with E-state index in [1.165, 1.54) is 0 Å². The molecular weight excluding hydrogens is 350 g/mol. The van der Waals surface area contributed by atoms with Gasteiger partial charge >= 0.3 is 0 Å². The number of amides is 1. The number of ether oxygens (including phenoxy) is 1. The number of aromatic nitrogens is 2. The number of hydrogen-bond acceptors (Lipinski definition) is 3. The average molecular weight is 371 g/mol. The number of hydrogen-bond donors (Lipinski definition) is 1. The Morgan fingerprint density at radius 3 is 2.57 bits per heavy atom. The number of fused-ring (bicyclic) bond motifs is 1. The largest absolute Gasteiger partial charge is 0.489 e. The van der Waals surface area contributed by atoms with Crippen LogP contribution in [0.25, 0.3) is 5.65 Å². The van der Waals surface area contributed by atoms with Crippen LogP contribution in [0.3, 0.4) is 0 Å². The molecule has 0 fully saturated rings. The number of imidazole rings is 1. The first-order valence-corrected chi connectivity index (χ1v) is 9.16. The van der Waals surface area contributed by atoms with Crippen molar-refractivity contribution in [3.8, 4) is 5.75 Å². The molecule has 0 unspecified atom stereocenters. The minimum Gasteiger partial charge on any atom is -0.489 e. The van der Waals surface area contributed by atoms with Crippen LogP contribution in [-0.4, -0.2) is 15.3 Å². The van der Waals surface area contributed by atoms with Crippen LogP contribution in [0.1, 0.15) is 27.2 Å². The molecule has 5 heteroatoms. The highest BCUT2D eigenvalue weighted by molar-refractivity contribution is 5.94. The topological polar surface area (TPSA) is 55.6 Å². The third-order valence-electron chi connectivity index (χ3n) is 4.44. The molecule has 140 valence electrons. The minimum atomic E-state index is -0.136. The quantitative estimate of drug-likeness (QED) is 0.554. The second-order valence-corrected chi connectivity index (χ2v) is 6.69. The monoisotopic (exact) mass is 371 g/mol. The Labute approximate surface area is 163 Å². The van der Waals surface area contributed by atoms with E-state index in [0.717, 1.165) is 28.2 Å². The van der Waals surface area contributed by atoms with Gasteiger partial charge in [-0.1, -0.05) is 36.4 Å². The summed E-state index contributed by atoms with van der Waals surface area (Å²) in [6.45, 7) is 2.92. The lowest BCUT2D eigenvalue weighted by Crippen LogP contribution is -2.22. The minimum absolute atomic E-state index is 0.136. The molecule has 0 aliphatic carbocycles. The SMILES string of the molecule is Cc1ccc2nc(CNC(=O)c3ccc(OCc4ccccc4)cc3)cn2c1. The summed E-state index contributed by atoms with van der Waals surface area (Å²) in [5, 5.41) is 2.91. The van der Waals surface area contributed by atoms with Gasteiger partial charge in [0.05, 0.1) is 12.2 Å². The van der Waals surface area contributed by atoms with E-state index in [0.29, 0.717) is 18.7 Å². The molecule has 0 aliphatic rings. The molecule has 28 heavy (non-hydrogen) atoms. The van der Waals surface area contributed by atoms with E-state index in [2.05, 4.69) is 10.3 Å². The smallest absolute Gasteiger partial charge is 0.251 e. The van der Waals surface area contributed by atoms with Gasteiger partial charge in [0.2, 0.25) is 0 Å². The van der Waals surface area contributed by atoms with Gasteiger partial charge in [0.1, 0.15) is 18.0 Å². The zero-order valence-electron chi connectivity index (χ0n) is 15.6. The molecule has 0 atom stereocenters. The molecule has 0 bridgehead atoms. The first-order valence-electron chi connectivity index (χ1n) is 9.16. The average Bonchev–Trinajstić information content (AvgIpc) is 3.13. The highest BCUT2D eigenvalue weighted by Gasteiger charge is 2.08. The van der Waals surface area contributed by atoms with Crippen LogP contribution in [-0.2, 0) is 13.2 Å². The van der Waals surface area contributed by atoms with Crippen molar-refractivity contribution in [3.63, 3.8) is 0 Å². The molecule has 0 radical (unpaired) electrons. The summed E-state index contributed by atoms with van der Waals surface area (Å²) in [4.78, 5) is 16.9. The Morgan fingerprint density at radius 2 is 1.79 bits per heavy atom. The summed E-state index contributed by atoms with van der Waals surface area (Å²) >= 11 is 0. The van der Waals surface area contributed by atoms with Crippen LogP contribution >= 0.6 is 0 Å². The van der Waals surface area contributed by atoms with Crippen molar-refractivity contribution in [2.24, 2.45) is 0 Å². The Hall–Kier alpha value is -3.60. The van der Waals surface area contributed by atoms with Crippen molar-refractivity contribution >= 4 is 11.6 Å². The van der Waals surface area contributed by atoms with Gasteiger partial charge in [-0.2, -0.15) is 0 Å². The highest BCUT2D eigenvalue weighted by atomic mass is 16.5. The highest BCUT2D eigenvalue weighted by Crippen LogP contribution is 2.14. The normalized spacial score (nSPS) is 10.8. The van der Waals surface area contributed by atoms with Gasteiger partial charge in [-0.3, -0.25) is 4.79 Å². The molecule has 2 aromatic heterocycles. The van der Waals surface area contributed by atoms with Gasteiger partial charge in [-0.15, -0.1) is 0 Å². The van der Waals surface area contributed by atoms with Crippen LogP contribution < -0.4 is 10.1 Å². The van der Waals surface area contributed by atoms with Crippen molar-refractivity contribution in [2.45, 2.75) is 20.1 Å². The first kappa shape index (κ1) is 17.8. The third-order valence-corrected chi connectivity index (χ3v) is 4.44. The number of carbonyl (C=O) groups is 1. The van der Waals surface area contributed by atoms with Gasteiger partial charge in [0, 0.05) is 18.0 Å². The molecule has 0 saturated heterocycles. The Balaban J connectivity index is 1.33. The maximum Gasteiger partial charge on any atom is 0.251 e. The zero-order chi connectivity index (χ0) is 19.3. The molecule has 1 N–H and O–H groups in total. The lowest BCUT2D eigenvalue weighted by Gasteiger charge is -2.07. The summed E-state index contributed by atoms with van der Waals surface area (Å²) in [6.07, 6.45) is 3.95. The molecule has 5 nitrogen and oxygen atoms in total. The fraction of sp³-hybridized carbons (Fsp3) is 0.130. The fourth-order valence-electron chi connectivity index (χ4n) is 2.96. The maximum absolute atomic E-state index is 12.4. The van der Waals surface area contributed by atoms with Crippen molar-refractivity contribution in [1.29, 1.82) is 0 Å². The summed E-state index contributed by atoms with van der Waals surface area (Å²) < 4.78 is 7.72. The van der Waals surface area contributed by atoms with Crippen LogP contribution in [0.4, 0.5) is 0 Å². The van der Waals surface area contributed by atoms with Gasteiger partial charge in [-0.05, 0) is 48.4 Å². The summed E-state index contributed by atoms with van der Waals surface area (Å²) in [5.41, 5.74) is 4.55. The van der Waals surface area contributed by atoms with E-state index in [1.807, 2.05) is 78.3 Å². The summed E-state index contributed by atoms with van der Waals surface area (Å²) in [6, 6.07) is 21.1. The summed E-state index contributed by atoms with van der Waals surface area (Å²) in [7, 11) is 0. The summed E-state index contributed by atoms with van der Waals surface area (Å²) in [5.74, 6) is 0.596. The Bertz CT molecular complexity index is 1090. The fourth-order valence-corrected chi connectivity index (χ4v) is 2.96. The van der Waals surface area contributed by atoms with Gasteiger partial charge in [0.25, 0.3) is 5.91 Å². The van der Waals surface area contributed by atoms with Crippen LogP contribution in [0, 0.1) is 6.92 Å². The van der Waals surface area contributed by atoms with Crippen molar-refractivity contribution in [3.05, 3.63) is 102 Å². The van der Waals surface area contributed by atoms with Crippen molar-refractivity contribution in [1.82, 2.24) is 14.7 Å². The lowest BCUT2D eigenvalue weighted by molar-refractivity contribution is 0.0950. The molecule has 0 aliphatic heterocycles. The molecule has 0 saturated carbocycles. The Kier molecular flexibility index (Phi) is 5.06. The number of nitrogens with zero attached hydrogens (tertiary/aromatic N) is 2. The maximum atomic E-state index is 12.4. The zero-order valence-corrected chi connectivity index (χ0v) is 15.6. The first-order chi connectivity index (χ1) is 13.7. The van der Waals surface area contributed by atoms with Gasteiger partial charge in [0.15, 0.2) is 0 Å². The number of nitrogens with one attached hydrogen (secondary N) is 1. The number of pyridine rings is 1. The van der Waals surface area contributed by atoms with E-state index >= 15 is 0 Å². The van der Waals surface area contributed by atoms with Crippen molar-refractivity contribution < 1.29 is 9.53 Å². The standard InChI is InChI=1S/C23H21N3O2/c1-17-7-12-22-25-20(15-26(22)14-17)13-24-23(27)19-8-10-21(11-9-19)28-16-18-5-3-2-4-6-18/h2-12,14-15H,13,16H2,1H3,(H,24,27). The number of rotatable bonds is 6. The second-order valence-electron chi connectivity index (χ2n) is 6.69. The predicted molar refractivity (Wildman–Crippen MR) is 108 cm³/mol. The molecule has 0 spiro atoms. The van der Waals surface area contributed by atoms with E-state index in [-0.39, 0.29) is 5.91 Å². The second kappa shape index (κ2) is 7.96. The van der Waals surface area contributed by atoms with Crippen LogP contribution in [0.5, 0.6) is 5.75 Å². The van der Waals surface area contributed by atoms with E-state index in [9.17, 15) is 4.79 Å². The number of carbonyl (C=O) groups excluding carboxylic acids is 1. The molecule has 4 aromatic rings. The van der Waals surface area contributed by atoms with Crippen LogP contribution in [0.2, 0.25) is 0 Å². The molecule has 2 aromatic carbocycles. The van der Waals surface area contributed by atoms with Crippen LogP contribution in [0.15, 0.2) is 79.1 Å². The van der Waals surface area contributed by atoms with E-state index in [4.69, 9.17) is 4.74 Å². The molecule has 2 heterocycles. The number of aryl methyl sites for hydroxylation is 1. The van der Waals surface area contributed by atoms with Crippen molar-refractivity contribution in [2.75, 3.05) is 0 Å². The predicted octanol–water partition coefficient (Wildman–Crippen LogP) is 4.15. The Morgan fingerprint density at radius 1 is 1.00 bits per heavy atom. The molecule has 4 rings (SSSR count). The molecule has 1 amide bonds. The van der Waals surface area contributed by atoms with E-state index in [1.54, 1.807) is 12.1 Å². The van der Waals surface area contributed by atoms with Gasteiger partial charge < -0.3 is 14.5 Å². The third kappa shape index (κ3) is 4.20. The molecular formula is C23H21N3O2. The van der Waals surface area contributed by atoms with Gasteiger partial charge in [-0.25, -0.2) is 4.98 Å². The van der Waals surface area contributed by atoms with E-state index < -0.39 is 0 Å². The lowest BCUT2D eigenvalue weighted by atomic mass is 10.2. The number of benzene rings is 2.